The Labute approximate surface area is 92.7 Å². The maximum Gasteiger partial charge on any atom is 0.401 e. The first-order valence-electron chi connectivity index (χ1n) is 4.80. The van der Waals surface area contributed by atoms with Gasteiger partial charge in [0.2, 0.25) is 5.91 Å². The van der Waals surface area contributed by atoms with Gasteiger partial charge in [-0.1, -0.05) is 0 Å². The Morgan fingerprint density at radius 2 is 2.06 bits per heavy atom. The molecule has 0 saturated carbocycles. The molecule has 0 aliphatic heterocycles. The lowest BCUT2D eigenvalue weighted by Crippen LogP contribution is -2.44. The molecule has 0 fully saturated rings. The van der Waals surface area contributed by atoms with E-state index in [0.717, 1.165) is 0 Å². The molecule has 4 nitrogen and oxygen atoms in total. The van der Waals surface area contributed by atoms with Crippen LogP contribution in [0.1, 0.15) is 6.92 Å². The number of nitrogens with zero attached hydrogens (tertiary/aromatic N) is 1. The molecule has 1 amide bonds. The van der Waals surface area contributed by atoms with E-state index in [0.29, 0.717) is 6.61 Å². The lowest BCUT2D eigenvalue weighted by molar-refractivity contribution is -0.135. The third kappa shape index (κ3) is 6.62. The highest BCUT2D eigenvalue weighted by Gasteiger charge is 2.27. The van der Waals surface area contributed by atoms with E-state index in [1.165, 1.54) is 19.1 Å². The number of halogens is 3. The summed E-state index contributed by atoms with van der Waals surface area (Å²) in [5.41, 5.74) is 0. The van der Waals surface area contributed by atoms with Crippen LogP contribution in [0, 0.1) is 0 Å². The second-order valence-electron chi connectivity index (χ2n) is 3.53. The fraction of sp³-hybridized carbons (Fsp3) is 0.889. The highest BCUT2D eigenvalue weighted by atomic mass is 19.4. The van der Waals surface area contributed by atoms with E-state index in [1.54, 1.807) is 6.92 Å². The standard InChI is InChI=1S/C9H17F3N2O2/c1-7(5-16-3)14(2)8(15)4-13-6-9(10,11)12/h7,13H,4-6H2,1-3H3. The number of amides is 1. The molecular formula is C9H17F3N2O2. The van der Waals surface area contributed by atoms with Crippen LogP contribution in [0.25, 0.3) is 0 Å². The number of carbonyl (C=O) groups excluding carboxylic acids is 1. The first-order valence-corrected chi connectivity index (χ1v) is 4.80. The van der Waals surface area contributed by atoms with Crippen molar-refractivity contribution in [2.24, 2.45) is 0 Å². The molecule has 1 atom stereocenters. The molecule has 0 rings (SSSR count). The number of hydrogen-bond donors (Lipinski definition) is 1. The number of alkyl halides is 3. The van der Waals surface area contributed by atoms with Crippen molar-refractivity contribution in [3.8, 4) is 0 Å². The second-order valence-corrected chi connectivity index (χ2v) is 3.53. The fourth-order valence-corrected chi connectivity index (χ4v) is 1.03. The summed E-state index contributed by atoms with van der Waals surface area (Å²) in [6.45, 7) is 0.613. The van der Waals surface area contributed by atoms with Crippen LogP contribution in [0.4, 0.5) is 13.2 Å². The van der Waals surface area contributed by atoms with E-state index in [4.69, 9.17) is 4.74 Å². The monoisotopic (exact) mass is 242 g/mol. The topological polar surface area (TPSA) is 41.6 Å². The summed E-state index contributed by atoms with van der Waals surface area (Å²) in [4.78, 5) is 12.7. The lowest BCUT2D eigenvalue weighted by atomic mass is 10.3. The summed E-state index contributed by atoms with van der Waals surface area (Å²) in [5, 5.41) is 2.05. The van der Waals surface area contributed by atoms with Crippen LogP contribution in [-0.4, -0.2) is 56.9 Å². The minimum Gasteiger partial charge on any atom is -0.383 e. The van der Waals surface area contributed by atoms with Crippen molar-refractivity contribution in [1.29, 1.82) is 0 Å². The van der Waals surface area contributed by atoms with Crippen LogP contribution in [-0.2, 0) is 9.53 Å². The Morgan fingerprint density at radius 1 is 1.50 bits per heavy atom. The number of carbonyl (C=O) groups is 1. The summed E-state index contributed by atoms with van der Waals surface area (Å²) in [7, 11) is 3.03. The molecule has 16 heavy (non-hydrogen) atoms. The molecule has 0 heterocycles. The molecule has 0 aromatic rings. The minimum absolute atomic E-state index is 0.162. The van der Waals surface area contributed by atoms with Gasteiger partial charge in [0.25, 0.3) is 0 Å². The predicted octanol–water partition coefficient (Wildman–Crippen LogP) is 0.632. The number of rotatable bonds is 6. The van der Waals surface area contributed by atoms with Gasteiger partial charge >= 0.3 is 6.18 Å². The van der Waals surface area contributed by atoms with Crippen LogP contribution < -0.4 is 5.32 Å². The van der Waals surface area contributed by atoms with E-state index in [1.807, 2.05) is 5.32 Å². The molecule has 0 spiro atoms. The average Bonchev–Trinajstić information content (AvgIpc) is 2.14. The molecule has 96 valence electrons. The summed E-state index contributed by atoms with van der Waals surface area (Å²) in [6.07, 6.45) is -4.29. The van der Waals surface area contributed by atoms with Gasteiger partial charge in [-0.2, -0.15) is 13.2 Å². The second kappa shape index (κ2) is 6.70. The van der Waals surface area contributed by atoms with E-state index in [9.17, 15) is 18.0 Å². The van der Waals surface area contributed by atoms with Crippen molar-refractivity contribution in [1.82, 2.24) is 10.2 Å². The number of hydrogen-bond acceptors (Lipinski definition) is 3. The van der Waals surface area contributed by atoms with Gasteiger partial charge in [0.15, 0.2) is 0 Å². The first-order chi connectivity index (χ1) is 7.28. The number of ether oxygens (including phenoxy) is 1. The van der Waals surface area contributed by atoms with Gasteiger partial charge in [0.05, 0.1) is 25.7 Å². The molecule has 0 aliphatic carbocycles. The maximum atomic E-state index is 11.8. The van der Waals surface area contributed by atoms with E-state index in [-0.39, 0.29) is 12.6 Å². The molecular weight excluding hydrogens is 225 g/mol. The van der Waals surface area contributed by atoms with Gasteiger partial charge in [0, 0.05) is 14.2 Å². The molecule has 1 N–H and O–H groups in total. The van der Waals surface area contributed by atoms with E-state index >= 15 is 0 Å². The zero-order valence-electron chi connectivity index (χ0n) is 9.60. The van der Waals surface area contributed by atoms with Crippen LogP contribution >= 0.6 is 0 Å². The van der Waals surface area contributed by atoms with E-state index < -0.39 is 18.6 Å². The van der Waals surface area contributed by atoms with E-state index in [2.05, 4.69) is 0 Å². The van der Waals surface area contributed by atoms with Crippen LogP contribution in [0.5, 0.6) is 0 Å². The summed E-state index contributed by atoms with van der Waals surface area (Å²) < 4.78 is 40.2. The maximum absolute atomic E-state index is 11.8. The van der Waals surface area contributed by atoms with Crippen molar-refractivity contribution in [2.45, 2.75) is 19.1 Å². The average molecular weight is 242 g/mol. The number of nitrogens with one attached hydrogen (secondary N) is 1. The van der Waals surface area contributed by atoms with Crippen molar-refractivity contribution in [3.63, 3.8) is 0 Å². The van der Waals surface area contributed by atoms with Crippen molar-refractivity contribution in [2.75, 3.05) is 33.9 Å². The molecule has 0 aromatic heterocycles. The highest BCUT2D eigenvalue weighted by Crippen LogP contribution is 2.11. The normalized spacial score (nSPS) is 13.6. The van der Waals surface area contributed by atoms with Gasteiger partial charge < -0.3 is 15.0 Å². The molecule has 7 heteroatoms. The molecule has 0 aromatic carbocycles. The third-order valence-corrected chi connectivity index (χ3v) is 2.06. The Kier molecular flexibility index (Phi) is 6.35. The first kappa shape index (κ1) is 15.2. The molecule has 0 aliphatic rings. The Morgan fingerprint density at radius 3 is 2.50 bits per heavy atom. The molecule has 1 unspecified atom stereocenters. The summed E-state index contributed by atoms with van der Waals surface area (Å²) >= 11 is 0. The summed E-state index contributed by atoms with van der Waals surface area (Å²) in [5.74, 6) is -0.395. The third-order valence-electron chi connectivity index (χ3n) is 2.06. The van der Waals surface area contributed by atoms with Gasteiger partial charge in [-0.15, -0.1) is 0 Å². The van der Waals surface area contributed by atoms with Gasteiger partial charge in [-0.05, 0) is 6.92 Å². The van der Waals surface area contributed by atoms with Crippen molar-refractivity contribution >= 4 is 5.91 Å². The molecule has 0 bridgehead atoms. The Bertz CT molecular complexity index is 221. The van der Waals surface area contributed by atoms with Crippen molar-refractivity contribution < 1.29 is 22.7 Å². The largest absolute Gasteiger partial charge is 0.401 e. The Hall–Kier alpha value is -0.820. The smallest absolute Gasteiger partial charge is 0.383 e. The number of likely N-dealkylation sites (N-methyl/N-ethyl adjacent to an activating group) is 1. The van der Waals surface area contributed by atoms with Crippen molar-refractivity contribution in [3.05, 3.63) is 0 Å². The SMILES string of the molecule is COCC(C)N(C)C(=O)CNCC(F)(F)F. The zero-order chi connectivity index (χ0) is 12.8. The highest BCUT2D eigenvalue weighted by molar-refractivity contribution is 5.78. The Balaban J connectivity index is 3.88. The minimum atomic E-state index is -4.29. The molecule has 0 radical (unpaired) electrons. The van der Waals surface area contributed by atoms with Crippen LogP contribution in [0.3, 0.4) is 0 Å². The van der Waals surface area contributed by atoms with Crippen LogP contribution in [0.2, 0.25) is 0 Å². The zero-order valence-corrected chi connectivity index (χ0v) is 9.60. The van der Waals surface area contributed by atoms with Gasteiger partial charge in [0.1, 0.15) is 0 Å². The predicted molar refractivity (Wildman–Crippen MR) is 53.0 cm³/mol. The number of methoxy groups -OCH3 is 1. The summed E-state index contributed by atoms with van der Waals surface area (Å²) in [6, 6.07) is -0.162. The van der Waals surface area contributed by atoms with Gasteiger partial charge in [-0.3, -0.25) is 4.79 Å². The fourth-order valence-electron chi connectivity index (χ4n) is 1.03. The van der Waals surface area contributed by atoms with Gasteiger partial charge in [-0.25, -0.2) is 0 Å². The quantitative estimate of drug-likeness (QED) is 0.743. The lowest BCUT2D eigenvalue weighted by Gasteiger charge is -2.24. The molecule has 0 saturated heterocycles. The van der Waals surface area contributed by atoms with Crippen LogP contribution in [0.15, 0.2) is 0 Å².